The normalized spacial score (nSPS) is 12.6. The van der Waals surface area contributed by atoms with Crippen LogP contribution in [0.1, 0.15) is 49.2 Å². The van der Waals surface area contributed by atoms with Crippen LogP contribution < -0.4 is 5.32 Å². The highest BCUT2D eigenvalue weighted by atomic mass is 15.5. The summed E-state index contributed by atoms with van der Waals surface area (Å²) >= 11 is 0. The van der Waals surface area contributed by atoms with Crippen molar-refractivity contribution in [2.24, 2.45) is 0 Å². The number of nitrogens with zero attached hydrogens (tertiary/aromatic N) is 5. The second kappa shape index (κ2) is 6.78. The molecular formula is C19H26N6. The molecule has 6 heteroatoms. The summed E-state index contributed by atoms with van der Waals surface area (Å²) in [5.74, 6) is 1.47. The highest BCUT2D eigenvalue weighted by molar-refractivity contribution is 5.83. The smallest absolute Gasteiger partial charge is 0.189 e. The van der Waals surface area contributed by atoms with Gasteiger partial charge in [-0.2, -0.15) is 4.68 Å². The molecule has 0 aliphatic rings. The summed E-state index contributed by atoms with van der Waals surface area (Å²) in [5, 5.41) is 12.2. The van der Waals surface area contributed by atoms with Crippen LogP contribution in [0.3, 0.4) is 0 Å². The minimum atomic E-state index is 0.329. The lowest BCUT2D eigenvalue weighted by Gasteiger charge is -2.14. The van der Waals surface area contributed by atoms with Crippen molar-refractivity contribution in [2.45, 2.75) is 60.4 Å². The van der Waals surface area contributed by atoms with Gasteiger partial charge in [0.2, 0.25) is 0 Å². The fourth-order valence-corrected chi connectivity index (χ4v) is 3.42. The van der Waals surface area contributed by atoms with E-state index in [2.05, 4.69) is 72.3 Å². The van der Waals surface area contributed by atoms with Crippen molar-refractivity contribution in [3.05, 3.63) is 34.6 Å². The van der Waals surface area contributed by atoms with E-state index in [1.807, 2.05) is 11.6 Å². The van der Waals surface area contributed by atoms with Crippen LogP contribution in [0.15, 0.2) is 12.1 Å². The monoisotopic (exact) mass is 338 g/mol. The summed E-state index contributed by atoms with van der Waals surface area (Å²) in [6.07, 6.45) is 2.20. The molecule has 0 saturated heterocycles. The quantitative estimate of drug-likeness (QED) is 0.760. The lowest BCUT2D eigenvalue weighted by Crippen LogP contribution is -2.16. The van der Waals surface area contributed by atoms with E-state index in [1.54, 1.807) is 0 Å². The molecule has 1 N–H and O–H groups in total. The van der Waals surface area contributed by atoms with Crippen molar-refractivity contribution in [1.82, 2.24) is 25.0 Å². The molecule has 0 fully saturated rings. The minimum Gasteiger partial charge on any atom is -0.366 e. The molecule has 1 atom stereocenters. The number of benzene rings is 1. The van der Waals surface area contributed by atoms with Gasteiger partial charge in [0.1, 0.15) is 5.82 Å². The van der Waals surface area contributed by atoms with Crippen molar-refractivity contribution in [3.63, 3.8) is 0 Å². The van der Waals surface area contributed by atoms with Crippen LogP contribution in [-0.2, 0) is 0 Å². The number of hydrogen-bond acceptors (Lipinski definition) is 5. The molecule has 0 aliphatic carbocycles. The van der Waals surface area contributed by atoms with E-state index in [1.165, 1.54) is 5.56 Å². The Hall–Kier alpha value is -2.50. The Morgan fingerprint density at radius 1 is 1.08 bits per heavy atom. The molecule has 1 unspecified atom stereocenters. The summed E-state index contributed by atoms with van der Waals surface area (Å²) in [6.45, 7) is 12.5. The van der Waals surface area contributed by atoms with E-state index in [0.717, 1.165) is 41.1 Å². The minimum absolute atomic E-state index is 0.329. The van der Waals surface area contributed by atoms with Crippen LogP contribution in [0.4, 0.5) is 5.82 Å². The third-order valence-corrected chi connectivity index (χ3v) is 4.36. The first-order valence-electron chi connectivity index (χ1n) is 8.85. The molecular weight excluding hydrogens is 312 g/mol. The van der Waals surface area contributed by atoms with Crippen LogP contribution in [0.2, 0.25) is 0 Å². The molecule has 0 amide bonds. The molecule has 0 saturated carbocycles. The molecule has 6 nitrogen and oxygen atoms in total. The number of fused-ring (bicyclic) bond motifs is 1. The van der Waals surface area contributed by atoms with Gasteiger partial charge in [-0.1, -0.05) is 36.3 Å². The van der Waals surface area contributed by atoms with Gasteiger partial charge < -0.3 is 5.32 Å². The van der Waals surface area contributed by atoms with Gasteiger partial charge in [-0.05, 0) is 52.2 Å². The van der Waals surface area contributed by atoms with Crippen LogP contribution in [-0.4, -0.2) is 31.0 Å². The summed E-state index contributed by atoms with van der Waals surface area (Å²) in [6, 6.07) is 4.65. The van der Waals surface area contributed by atoms with E-state index in [0.29, 0.717) is 17.4 Å². The topological polar surface area (TPSA) is 68.5 Å². The van der Waals surface area contributed by atoms with E-state index < -0.39 is 0 Å². The fraction of sp³-hybridized carbons (Fsp3) is 0.474. The SMILES string of the molecule is CCCC(C)Nc1nc(C)nc2c1nnn2-c1c(C)cc(C)cc1C. The lowest BCUT2D eigenvalue weighted by atomic mass is 10.1. The molecule has 0 spiro atoms. The standard InChI is InChI=1S/C19H26N6/c1-7-8-14(5)20-18-16-19(22-15(6)21-18)25(24-23-16)17-12(3)9-11(2)10-13(17)4/h9-10,14H,7-8H2,1-6H3,(H,20,21,22). The van der Waals surface area contributed by atoms with Gasteiger partial charge in [0.05, 0.1) is 5.69 Å². The first-order valence-corrected chi connectivity index (χ1v) is 8.85. The van der Waals surface area contributed by atoms with Gasteiger partial charge in [0, 0.05) is 6.04 Å². The van der Waals surface area contributed by atoms with Crippen molar-refractivity contribution < 1.29 is 0 Å². The van der Waals surface area contributed by atoms with Gasteiger partial charge in [0.25, 0.3) is 0 Å². The molecule has 2 heterocycles. The Kier molecular flexibility index (Phi) is 4.70. The fourth-order valence-electron chi connectivity index (χ4n) is 3.42. The number of nitrogens with one attached hydrogen (secondary N) is 1. The summed E-state index contributed by atoms with van der Waals surface area (Å²) in [5.41, 5.74) is 6.06. The van der Waals surface area contributed by atoms with E-state index in [4.69, 9.17) is 0 Å². The van der Waals surface area contributed by atoms with Crippen molar-refractivity contribution in [2.75, 3.05) is 5.32 Å². The third kappa shape index (κ3) is 3.34. The Bertz CT molecular complexity index is 889. The first kappa shape index (κ1) is 17.3. The summed E-state index contributed by atoms with van der Waals surface area (Å²) in [4.78, 5) is 9.17. The maximum atomic E-state index is 4.62. The van der Waals surface area contributed by atoms with E-state index >= 15 is 0 Å². The average Bonchev–Trinajstić information content (AvgIpc) is 2.90. The van der Waals surface area contributed by atoms with Crippen LogP contribution >= 0.6 is 0 Å². The summed E-state index contributed by atoms with van der Waals surface area (Å²) < 4.78 is 1.84. The van der Waals surface area contributed by atoms with Crippen molar-refractivity contribution in [3.8, 4) is 5.69 Å². The van der Waals surface area contributed by atoms with E-state index in [9.17, 15) is 0 Å². The lowest BCUT2D eigenvalue weighted by molar-refractivity contribution is 0.687. The second-order valence-electron chi connectivity index (χ2n) is 6.87. The number of hydrogen-bond donors (Lipinski definition) is 1. The van der Waals surface area contributed by atoms with Gasteiger partial charge in [-0.3, -0.25) is 0 Å². The Labute approximate surface area is 148 Å². The number of aryl methyl sites for hydroxylation is 4. The third-order valence-electron chi connectivity index (χ3n) is 4.36. The zero-order chi connectivity index (χ0) is 18.1. The zero-order valence-electron chi connectivity index (χ0n) is 15.9. The van der Waals surface area contributed by atoms with Gasteiger partial charge in [0.15, 0.2) is 17.0 Å². The molecule has 2 aromatic heterocycles. The molecule has 132 valence electrons. The summed E-state index contributed by atoms with van der Waals surface area (Å²) in [7, 11) is 0. The number of rotatable bonds is 5. The zero-order valence-corrected chi connectivity index (χ0v) is 15.9. The highest BCUT2D eigenvalue weighted by Gasteiger charge is 2.18. The van der Waals surface area contributed by atoms with Crippen LogP contribution in [0.5, 0.6) is 0 Å². The Morgan fingerprint density at radius 3 is 2.40 bits per heavy atom. The molecule has 1 aromatic carbocycles. The maximum absolute atomic E-state index is 4.62. The number of aromatic nitrogens is 5. The average molecular weight is 338 g/mol. The highest BCUT2D eigenvalue weighted by Crippen LogP contribution is 2.26. The predicted molar refractivity (Wildman–Crippen MR) is 101 cm³/mol. The Morgan fingerprint density at radius 2 is 1.76 bits per heavy atom. The number of anilines is 1. The molecule has 0 bridgehead atoms. The van der Waals surface area contributed by atoms with Crippen molar-refractivity contribution >= 4 is 17.0 Å². The Balaban J connectivity index is 2.15. The van der Waals surface area contributed by atoms with Crippen molar-refractivity contribution in [1.29, 1.82) is 0 Å². The largest absolute Gasteiger partial charge is 0.366 e. The molecule has 0 radical (unpaired) electrons. The van der Waals surface area contributed by atoms with Gasteiger partial charge in [-0.25, -0.2) is 9.97 Å². The molecule has 0 aliphatic heterocycles. The van der Waals surface area contributed by atoms with Crippen LogP contribution in [0.25, 0.3) is 16.9 Å². The second-order valence-corrected chi connectivity index (χ2v) is 6.87. The van der Waals surface area contributed by atoms with E-state index in [-0.39, 0.29) is 0 Å². The molecule has 25 heavy (non-hydrogen) atoms. The maximum Gasteiger partial charge on any atom is 0.189 e. The predicted octanol–water partition coefficient (Wildman–Crippen LogP) is 4.04. The van der Waals surface area contributed by atoms with Crippen LogP contribution in [0, 0.1) is 27.7 Å². The molecule has 3 aromatic rings. The van der Waals surface area contributed by atoms with Gasteiger partial charge in [-0.15, -0.1) is 5.10 Å². The first-order chi connectivity index (χ1) is 11.9. The molecule has 3 rings (SSSR count). The van der Waals surface area contributed by atoms with Gasteiger partial charge >= 0.3 is 0 Å².